The topological polar surface area (TPSA) is 46.6 Å². The monoisotopic (exact) mass is 265 g/mol. The fraction of sp³-hybridized carbons (Fsp3) is 0.643. The Balaban J connectivity index is 2.04. The molecule has 1 atom stereocenters. The van der Waals surface area contributed by atoms with Gasteiger partial charge in [-0.3, -0.25) is 0 Å². The number of nitrogens with zero attached hydrogens (tertiary/aromatic N) is 2. The fourth-order valence-electron chi connectivity index (χ4n) is 2.16. The van der Waals surface area contributed by atoms with E-state index in [0.29, 0.717) is 12.1 Å². The summed E-state index contributed by atoms with van der Waals surface area (Å²) in [4.78, 5) is 6.77. The summed E-state index contributed by atoms with van der Waals surface area (Å²) in [5.74, 6) is 1.77. The van der Waals surface area contributed by atoms with Crippen LogP contribution in [0.15, 0.2) is 18.3 Å². The summed E-state index contributed by atoms with van der Waals surface area (Å²) in [5, 5.41) is 3.46. The number of anilines is 1. The number of nitrogens with one attached hydrogen (secondary N) is 1. The van der Waals surface area contributed by atoms with E-state index in [1.165, 1.54) is 0 Å². The highest BCUT2D eigenvalue weighted by atomic mass is 16.5. The molecule has 106 valence electrons. The van der Waals surface area contributed by atoms with Gasteiger partial charge < -0.3 is 19.7 Å². The Kier molecular flexibility index (Phi) is 4.99. The molecule has 0 radical (unpaired) electrons. The number of rotatable bonds is 5. The van der Waals surface area contributed by atoms with Gasteiger partial charge in [0.25, 0.3) is 0 Å². The lowest BCUT2D eigenvalue weighted by molar-refractivity contribution is 0.0928. The molecule has 19 heavy (non-hydrogen) atoms. The van der Waals surface area contributed by atoms with Crippen LogP contribution in [0.1, 0.15) is 13.8 Å². The van der Waals surface area contributed by atoms with Crippen LogP contribution in [-0.4, -0.2) is 50.5 Å². The Labute approximate surface area is 114 Å². The number of methoxy groups -OCH3 is 1. The van der Waals surface area contributed by atoms with Gasteiger partial charge in [0.1, 0.15) is 11.6 Å². The smallest absolute Gasteiger partial charge is 0.137 e. The van der Waals surface area contributed by atoms with Crippen LogP contribution in [0.4, 0.5) is 5.82 Å². The third-order valence-corrected chi connectivity index (χ3v) is 3.24. The normalized spacial score (nSPS) is 19.8. The molecule has 0 aromatic carbocycles. The summed E-state index contributed by atoms with van der Waals surface area (Å²) < 4.78 is 10.7. The van der Waals surface area contributed by atoms with Crippen LogP contribution >= 0.6 is 0 Å². The maximum Gasteiger partial charge on any atom is 0.137 e. The van der Waals surface area contributed by atoms with Gasteiger partial charge in [0.2, 0.25) is 0 Å². The molecule has 1 aliphatic rings. The standard InChI is InChI=1S/C14H23N3O2/c1-11(2)15-8-12-10-19-7-6-17(12)14-5-4-13(18-3)9-16-14/h4-5,9,11-12,15H,6-8,10H2,1-3H3. The van der Waals surface area contributed by atoms with Gasteiger partial charge in [-0.15, -0.1) is 0 Å². The lowest BCUT2D eigenvalue weighted by Crippen LogP contribution is -2.51. The van der Waals surface area contributed by atoms with E-state index in [1.807, 2.05) is 12.1 Å². The summed E-state index contributed by atoms with van der Waals surface area (Å²) in [6.07, 6.45) is 1.76. The predicted octanol–water partition coefficient (Wildman–Crippen LogP) is 1.29. The zero-order valence-corrected chi connectivity index (χ0v) is 11.9. The third kappa shape index (κ3) is 3.81. The van der Waals surface area contributed by atoms with Gasteiger partial charge in [-0.05, 0) is 12.1 Å². The van der Waals surface area contributed by atoms with Gasteiger partial charge in [0, 0.05) is 19.1 Å². The van der Waals surface area contributed by atoms with E-state index in [4.69, 9.17) is 9.47 Å². The molecule has 0 spiro atoms. The SMILES string of the molecule is COc1ccc(N2CCOCC2CNC(C)C)nc1. The van der Waals surface area contributed by atoms with Crippen molar-refractivity contribution in [1.82, 2.24) is 10.3 Å². The average molecular weight is 265 g/mol. The quantitative estimate of drug-likeness (QED) is 0.869. The lowest BCUT2D eigenvalue weighted by atomic mass is 10.2. The molecular formula is C14H23N3O2. The van der Waals surface area contributed by atoms with Gasteiger partial charge in [0.05, 0.1) is 32.6 Å². The predicted molar refractivity (Wildman–Crippen MR) is 75.9 cm³/mol. The Bertz CT molecular complexity index is 381. The number of ether oxygens (including phenoxy) is 2. The van der Waals surface area contributed by atoms with Crippen molar-refractivity contribution in [3.05, 3.63) is 18.3 Å². The molecule has 1 aromatic rings. The molecule has 0 aliphatic carbocycles. The van der Waals surface area contributed by atoms with Gasteiger partial charge >= 0.3 is 0 Å². The highest BCUT2D eigenvalue weighted by molar-refractivity contribution is 5.42. The number of pyridine rings is 1. The molecule has 5 nitrogen and oxygen atoms in total. The largest absolute Gasteiger partial charge is 0.495 e. The summed E-state index contributed by atoms with van der Waals surface area (Å²) in [7, 11) is 1.65. The molecule has 5 heteroatoms. The van der Waals surface area contributed by atoms with Gasteiger partial charge in [-0.2, -0.15) is 0 Å². The molecule has 1 aliphatic heterocycles. The Morgan fingerprint density at radius 2 is 2.37 bits per heavy atom. The third-order valence-electron chi connectivity index (χ3n) is 3.24. The molecule has 1 aromatic heterocycles. The minimum Gasteiger partial charge on any atom is -0.495 e. The van der Waals surface area contributed by atoms with Crippen molar-refractivity contribution >= 4 is 5.82 Å². The molecule has 1 unspecified atom stereocenters. The van der Waals surface area contributed by atoms with E-state index in [1.54, 1.807) is 13.3 Å². The van der Waals surface area contributed by atoms with Crippen LogP contribution in [0.2, 0.25) is 0 Å². The van der Waals surface area contributed by atoms with E-state index in [0.717, 1.165) is 37.9 Å². The molecule has 1 saturated heterocycles. The highest BCUT2D eigenvalue weighted by Gasteiger charge is 2.24. The molecule has 1 fully saturated rings. The van der Waals surface area contributed by atoms with E-state index >= 15 is 0 Å². The van der Waals surface area contributed by atoms with Gasteiger partial charge in [0.15, 0.2) is 0 Å². The van der Waals surface area contributed by atoms with E-state index in [9.17, 15) is 0 Å². The zero-order chi connectivity index (χ0) is 13.7. The minimum absolute atomic E-state index is 0.331. The summed E-state index contributed by atoms with van der Waals surface area (Å²) in [6, 6.07) is 4.77. The number of hydrogen-bond donors (Lipinski definition) is 1. The molecule has 2 rings (SSSR count). The number of aromatic nitrogens is 1. The second-order valence-electron chi connectivity index (χ2n) is 5.04. The molecule has 0 amide bonds. The first-order chi connectivity index (χ1) is 9.20. The average Bonchev–Trinajstić information content (AvgIpc) is 2.45. The summed E-state index contributed by atoms with van der Waals surface area (Å²) >= 11 is 0. The molecular weight excluding hydrogens is 242 g/mol. The summed E-state index contributed by atoms with van der Waals surface area (Å²) in [6.45, 7) is 7.59. The van der Waals surface area contributed by atoms with Crippen molar-refractivity contribution in [3.63, 3.8) is 0 Å². The van der Waals surface area contributed by atoms with Crippen LogP contribution in [0, 0.1) is 0 Å². The first-order valence-corrected chi connectivity index (χ1v) is 6.78. The first-order valence-electron chi connectivity index (χ1n) is 6.78. The van der Waals surface area contributed by atoms with Crippen LogP contribution in [0.25, 0.3) is 0 Å². The zero-order valence-electron chi connectivity index (χ0n) is 11.9. The minimum atomic E-state index is 0.331. The molecule has 0 saturated carbocycles. The van der Waals surface area contributed by atoms with Crippen molar-refractivity contribution in [2.45, 2.75) is 25.9 Å². The Morgan fingerprint density at radius 3 is 3.00 bits per heavy atom. The lowest BCUT2D eigenvalue weighted by Gasteiger charge is -2.37. The highest BCUT2D eigenvalue weighted by Crippen LogP contribution is 2.19. The van der Waals surface area contributed by atoms with E-state index in [2.05, 4.69) is 29.0 Å². The maximum atomic E-state index is 5.58. The van der Waals surface area contributed by atoms with Gasteiger partial charge in [-0.1, -0.05) is 13.8 Å². The Hall–Kier alpha value is -1.33. The first kappa shape index (κ1) is 14.1. The second-order valence-corrected chi connectivity index (χ2v) is 5.04. The Morgan fingerprint density at radius 1 is 1.53 bits per heavy atom. The van der Waals surface area contributed by atoms with Crippen LogP contribution in [0.5, 0.6) is 5.75 Å². The van der Waals surface area contributed by atoms with Crippen LogP contribution in [-0.2, 0) is 4.74 Å². The van der Waals surface area contributed by atoms with Crippen LogP contribution < -0.4 is 15.0 Å². The van der Waals surface area contributed by atoms with Crippen molar-refractivity contribution in [2.24, 2.45) is 0 Å². The fourth-order valence-corrected chi connectivity index (χ4v) is 2.16. The molecule has 2 heterocycles. The van der Waals surface area contributed by atoms with E-state index in [-0.39, 0.29) is 0 Å². The maximum absolute atomic E-state index is 5.58. The molecule has 0 bridgehead atoms. The van der Waals surface area contributed by atoms with Crippen LogP contribution in [0.3, 0.4) is 0 Å². The second kappa shape index (κ2) is 6.73. The molecule has 1 N–H and O–H groups in total. The van der Waals surface area contributed by atoms with Crippen molar-refractivity contribution in [2.75, 3.05) is 38.3 Å². The number of hydrogen-bond acceptors (Lipinski definition) is 5. The van der Waals surface area contributed by atoms with Crippen molar-refractivity contribution in [1.29, 1.82) is 0 Å². The van der Waals surface area contributed by atoms with Crippen molar-refractivity contribution < 1.29 is 9.47 Å². The summed E-state index contributed by atoms with van der Waals surface area (Å²) in [5.41, 5.74) is 0. The number of morpholine rings is 1. The van der Waals surface area contributed by atoms with Gasteiger partial charge in [-0.25, -0.2) is 4.98 Å². The van der Waals surface area contributed by atoms with Crippen molar-refractivity contribution in [3.8, 4) is 5.75 Å². The van der Waals surface area contributed by atoms with E-state index < -0.39 is 0 Å².